The molecule has 1 heterocycles. The first-order valence-corrected chi connectivity index (χ1v) is 6.95. The molecule has 0 aliphatic carbocycles. The number of nitrogens with one attached hydrogen (secondary N) is 1. The number of amides is 1. The van der Waals surface area contributed by atoms with E-state index in [2.05, 4.69) is 10.3 Å². The van der Waals surface area contributed by atoms with Gasteiger partial charge in [-0.2, -0.15) is 0 Å². The van der Waals surface area contributed by atoms with Gasteiger partial charge in [-0.3, -0.25) is 9.78 Å². The van der Waals surface area contributed by atoms with Gasteiger partial charge in [0, 0.05) is 11.9 Å². The summed E-state index contributed by atoms with van der Waals surface area (Å²) in [6.07, 6.45) is 1.44. The number of nitrogens with zero attached hydrogens (tertiary/aromatic N) is 1. The van der Waals surface area contributed by atoms with Crippen LogP contribution in [0.15, 0.2) is 30.5 Å². The van der Waals surface area contributed by atoms with Gasteiger partial charge in [-0.15, -0.1) is 0 Å². The van der Waals surface area contributed by atoms with Crippen molar-refractivity contribution in [2.45, 2.75) is 26.8 Å². The van der Waals surface area contributed by atoms with E-state index < -0.39 is 0 Å². The van der Waals surface area contributed by atoms with Crippen LogP contribution >= 0.6 is 11.6 Å². The molecule has 0 fully saturated rings. The Bertz CT molecular complexity index is 688. The summed E-state index contributed by atoms with van der Waals surface area (Å²) in [7, 11) is 0. The van der Waals surface area contributed by atoms with Crippen molar-refractivity contribution < 1.29 is 9.18 Å². The molecule has 1 aromatic carbocycles. The number of aryl methyl sites for hydroxylation is 2. The highest BCUT2D eigenvalue weighted by atomic mass is 35.5. The summed E-state index contributed by atoms with van der Waals surface area (Å²) < 4.78 is 13.6. The summed E-state index contributed by atoms with van der Waals surface area (Å²) in [5.41, 5.74) is 2.32. The molecule has 2 rings (SSSR count). The summed E-state index contributed by atoms with van der Waals surface area (Å²) in [4.78, 5) is 16.2. The van der Waals surface area contributed by atoms with Gasteiger partial charge in [-0.1, -0.05) is 23.7 Å². The molecule has 0 bridgehead atoms. The van der Waals surface area contributed by atoms with Crippen LogP contribution in [0.1, 0.15) is 40.1 Å². The molecule has 0 aliphatic heterocycles. The zero-order valence-corrected chi connectivity index (χ0v) is 12.8. The van der Waals surface area contributed by atoms with E-state index in [1.807, 2.05) is 0 Å². The molecule has 1 amide bonds. The Balaban J connectivity index is 2.16. The molecular weight excluding hydrogens is 291 g/mol. The van der Waals surface area contributed by atoms with Crippen molar-refractivity contribution in [1.29, 1.82) is 0 Å². The van der Waals surface area contributed by atoms with E-state index in [-0.39, 0.29) is 17.8 Å². The second-order valence-electron chi connectivity index (χ2n) is 5.01. The molecule has 0 radical (unpaired) electrons. The molecule has 2 aromatic rings. The van der Waals surface area contributed by atoms with Gasteiger partial charge in [0.05, 0.1) is 16.6 Å². The summed E-state index contributed by atoms with van der Waals surface area (Å²) in [6, 6.07) is 6.21. The van der Waals surface area contributed by atoms with Crippen LogP contribution in [0.5, 0.6) is 0 Å². The maximum absolute atomic E-state index is 13.6. The van der Waals surface area contributed by atoms with Crippen LogP contribution < -0.4 is 5.32 Å². The van der Waals surface area contributed by atoms with Crippen LogP contribution in [0.3, 0.4) is 0 Å². The normalized spacial score (nSPS) is 12.0. The minimum Gasteiger partial charge on any atom is -0.345 e. The van der Waals surface area contributed by atoms with Gasteiger partial charge in [0.1, 0.15) is 5.82 Å². The number of aromatic nitrogens is 1. The smallest absolute Gasteiger partial charge is 0.254 e. The minimum atomic E-state index is -0.332. The highest BCUT2D eigenvalue weighted by Crippen LogP contribution is 2.19. The molecular formula is C16H16ClFN2O. The maximum atomic E-state index is 13.6. The number of rotatable bonds is 3. The molecule has 0 saturated carbocycles. The van der Waals surface area contributed by atoms with Crippen molar-refractivity contribution in [3.63, 3.8) is 0 Å². The Hall–Kier alpha value is -1.94. The molecule has 1 N–H and O–H groups in total. The highest BCUT2D eigenvalue weighted by molar-refractivity contribution is 6.33. The van der Waals surface area contributed by atoms with Crippen LogP contribution in [0.2, 0.25) is 5.02 Å². The Kier molecular flexibility index (Phi) is 4.58. The lowest BCUT2D eigenvalue weighted by Gasteiger charge is -2.15. The maximum Gasteiger partial charge on any atom is 0.254 e. The molecule has 0 spiro atoms. The van der Waals surface area contributed by atoms with Crippen molar-refractivity contribution in [2.24, 2.45) is 0 Å². The van der Waals surface area contributed by atoms with Crippen LogP contribution in [0.25, 0.3) is 0 Å². The van der Waals surface area contributed by atoms with Gasteiger partial charge in [0.15, 0.2) is 0 Å². The number of pyridine rings is 1. The zero-order valence-electron chi connectivity index (χ0n) is 12.1. The van der Waals surface area contributed by atoms with E-state index in [4.69, 9.17) is 11.6 Å². The van der Waals surface area contributed by atoms with Gasteiger partial charge in [-0.05, 0) is 44.0 Å². The van der Waals surface area contributed by atoms with Crippen LogP contribution in [-0.4, -0.2) is 10.9 Å². The third kappa shape index (κ3) is 3.58. The van der Waals surface area contributed by atoms with Crippen LogP contribution in [0, 0.1) is 19.7 Å². The van der Waals surface area contributed by atoms with Gasteiger partial charge in [-0.25, -0.2) is 4.39 Å². The Labute approximate surface area is 128 Å². The van der Waals surface area contributed by atoms with Gasteiger partial charge in [0.2, 0.25) is 0 Å². The number of hydrogen-bond donors (Lipinski definition) is 1. The number of hydrogen-bond acceptors (Lipinski definition) is 2. The molecule has 1 atom stereocenters. The molecule has 0 saturated heterocycles. The first-order valence-electron chi connectivity index (χ1n) is 6.57. The lowest BCUT2D eigenvalue weighted by molar-refractivity contribution is 0.0939. The first-order chi connectivity index (χ1) is 9.88. The molecule has 3 nitrogen and oxygen atoms in total. The summed E-state index contributed by atoms with van der Waals surface area (Å²) in [5.74, 6) is -0.621. The predicted octanol–water partition coefficient (Wildman–Crippen LogP) is 3.98. The fourth-order valence-electron chi connectivity index (χ4n) is 1.93. The molecule has 5 heteroatoms. The first kappa shape index (κ1) is 15.4. The molecule has 1 unspecified atom stereocenters. The number of benzene rings is 1. The average molecular weight is 307 g/mol. The van der Waals surface area contributed by atoms with Gasteiger partial charge in [0.25, 0.3) is 5.91 Å². The molecule has 110 valence electrons. The van der Waals surface area contributed by atoms with E-state index >= 15 is 0 Å². The van der Waals surface area contributed by atoms with Gasteiger partial charge >= 0.3 is 0 Å². The molecule has 21 heavy (non-hydrogen) atoms. The van der Waals surface area contributed by atoms with Crippen molar-refractivity contribution in [1.82, 2.24) is 10.3 Å². The SMILES string of the molecule is Cc1cc(Cl)c(C(=O)NC(C)c2ccc(C)c(F)c2)cn1. The highest BCUT2D eigenvalue weighted by Gasteiger charge is 2.15. The summed E-state index contributed by atoms with van der Waals surface area (Å²) >= 11 is 6.04. The zero-order chi connectivity index (χ0) is 15.6. The number of carbonyl (C=O) groups is 1. The average Bonchev–Trinajstić information content (AvgIpc) is 2.41. The molecule has 0 aliphatic rings. The standard InChI is InChI=1S/C16H16ClFN2O/c1-9-4-5-12(7-15(9)18)11(3)20-16(21)13-8-19-10(2)6-14(13)17/h4-8,11H,1-3H3,(H,20,21). The second-order valence-corrected chi connectivity index (χ2v) is 5.42. The van der Waals surface area contributed by atoms with E-state index in [9.17, 15) is 9.18 Å². The quantitative estimate of drug-likeness (QED) is 0.932. The Morgan fingerprint density at radius 1 is 1.33 bits per heavy atom. The topological polar surface area (TPSA) is 42.0 Å². The van der Waals surface area contributed by atoms with Gasteiger partial charge < -0.3 is 5.32 Å². The molecule has 1 aromatic heterocycles. The summed E-state index contributed by atoms with van der Waals surface area (Å²) in [6.45, 7) is 5.28. The second kappa shape index (κ2) is 6.22. The van der Waals surface area contributed by atoms with Crippen LogP contribution in [-0.2, 0) is 0 Å². The third-order valence-corrected chi connectivity index (χ3v) is 3.59. The Morgan fingerprint density at radius 3 is 2.67 bits per heavy atom. The van der Waals surface area contributed by atoms with E-state index in [0.717, 1.165) is 5.69 Å². The number of carbonyl (C=O) groups excluding carboxylic acids is 1. The van der Waals surface area contributed by atoms with Crippen molar-refractivity contribution in [3.05, 3.63) is 63.7 Å². The minimum absolute atomic E-state index is 0.288. The Morgan fingerprint density at radius 2 is 2.05 bits per heavy atom. The number of halogens is 2. The lowest BCUT2D eigenvalue weighted by atomic mass is 10.1. The van der Waals surface area contributed by atoms with E-state index in [1.165, 1.54) is 12.3 Å². The predicted molar refractivity (Wildman–Crippen MR) is 81.0 cm³/mol. The van der Waals surface area contributed by atoms with E-state index in [0.29, 0.717) is 21.7 Å². The summed E-state index contributed by atoms with van der Waals surface area (Å²) in [5, 5.41) is 3.14. The fourth-order valence-corrected chi connectivity index (χ4v) is 2.22. The van der Waals surface area contributed by atoms with Crippen LogP contribution in [0.4, 0.5) is 4.39 Å². The third-order valence-electron chi connectivity index (χ3n) is 3.28. The monoisotopic (exact) mass is 306 g/mol. The fraction of sp³-hybridized carbons (Fsp3) is 0.250. The van der Waals surface area contributed by atoms with E-state index in [1.54, 1.807) is 39.0 Å². The van der Waals surface area contributed by atoms with Crippen molar-refractivity contribution in [2.75, 3.05) is 0 Å². The van der Waals surface area contributed by atoms with Crippen molar-refractivity contribution in [3.8, 4) is 0 Å². The van der Waals surface area contributed by atoms with Crippen molar-refractivity contribution >= 4 is 17.5 Å². The largest absolute Gasteiger partial charge is 0.345 e. The lowest BCUT2D eigenvalue weighted by Crippen LogP contribution is -2.27.